The predicted octanol–water partition coefficient (Wildman–Crippen LogP) is 4.52. The number of aromatic amines is 1. The molecule has 0 spiro atoms. The Balaban J connectivity index is 1.57. The average molecular weight is 425 g/mol. The first kappa shape index (κ1) is 20.5. The summed E-state index contributed by atoms with van der Waals surface area (Å²) in [5.41, 5.74) is 2.00. The Morgan fingerprint density at radius 2 is 2.06 bits per heavy atom. The number of para-hydroxylation sites is 2. The molecule has 4 aromatic rings. The molecule has 2 aromatic carbocycles. The molecule has 0 radical (unpaired) electrons. The van der Waals surface area contributed by atoms with Gasteiger partial charge in [0, 0.05) is 12.5 Å². The second kappa shape index (κ2) is 8.55. The molecule has 0 aliphatic rings. The fourth-order valence-corrected chi connectivity index (χ4v) is 3.24. The molecule has 9 heteroatoms. The smallest absolute Gasteiger partial charge is 0.270 e. The summed E-state index contributed by atoms with van der Waals surface area (Å²) < 4.78 is 32.9. The molecule has 160 valence electrons. The zero-order valence-electron chi connectivity index (χ0n) is 16.7. The molecule has 0 fully saturated rings. The van der Waals surface area contributed by atoms with Gasteiger partial charge in [0.1, 0.15) is 6.26 Å². The number of benzene rings is 2. The van der Waals surface area contributed by atoms with Gasteiger partial charge < -0.3 is 20.0 Å². The number of carbonyl (C=O) groups excluding carboxylic acids is 1. The van der Waals surface area contributed by atoms with Crippen LogP contribution in [-0.4, -0.2) is 20.9 Å². The van der Waals surface area contributed by atoms with E-state index in [1.165, 1.54) is 24.6 Å². The number of fused-ring (bicyclic) bond motifs is 1. The number of rotatable bonds is 8. The molecule has 0 saturated carbocycles. The molecule has 1 amide bonds. The number of imidazole rings is 1. The summed E-state index contributed by atoms with van der Waals surface area (Å²) in [7, 11) is 0. The Morgan fingerprint density at radius 1 is 1.23 bits per heavy atom. The van der Waals surface area contributed by atoms with Crippen molar-refractivity contribution in [2.45, 2.75) is 31.9 Å². The van der Waals surface area contributed by atoms with Crippen LogP contribution in [0.4, 0.5) is 14.7 Å². The van der Waals surface area contributed by atoms with Gasteiger partial charge in [0.05, 0.1) is 36.2 Å². The van der Waals surface area contributed by atoms with Crippen LogP contribution in [0.3, 0.4) is 0 Å². The Labute approximate surface area is 176 Å². The van der Waals surface area contributed by atoms with Gasteiger partial charge in [0.25, 0.3) is 5.92 Å². The molecule has 2 aromatic heterocycles. The fourth-order valence-electron chi connectivity index (χ4n) is 3.24. The van der Waals surface area contributed by atoms with E-state index in [9.17, 15) is 13.6 Å². The van der Waals surface area contributed by atoms with Crippen molar-refractivity contribution in [2.24, 2.45) is 0 Å². The van der Waals surface area contributed by atoms with Crippen molar-refractivity contribution < 1.29 is 18.0 Å². The largest absolute Gasteiger partial charge is 0.447 e. The van der Waals surface area contributed by atoms with Crippen LogP contribution in [-0.2, 0) is 17.3 Å². The third kappa shape index (κ3) is 5.06. The van der Waals surface area contributed by atoms with E-state index in [1.807, 2.05) is 24.3 Å². The maximum absolute atomic E-state index is 13.9. The topological polar surface area (TPSA) is 95.8 Å². The van der Waals surface area contributed by atoms with E-state index in [0.29, 0.717) is 17.4 Å². The van der Waals surface area contributed by atoms with Crippen LogP contribution in [0, 0.1) is 0 Å². The van der Waals surface area contributed by atoms with Gasteiger partial charge in [-0.25, -0.2) is 18.7 Å². The molecule has 3 N–H and O–H groups in total. The summed E-state index contributed by atoms with van der Waals surface area (Å²) >= 11 is 0. The highest BCUT2D eigenvalue weighted by molar-refractivity contribution is 5.79. The normalized spacial score (nSPS) is 12.6. The molecule has 2 heterocycles. The molecular formula is C22H21F2N5O2. The number of aromatic nitrogens is 3. The van der Waals surface area contributed by atoms with E-state index in [0.717, 1.165) is 18.0 Å². The predicted molar refractivity (Wildman–Crippen MR) is 111 cm³/mol. The van der Waals surface area contributed by atoms with Gasteiger partial charge in [-0.2, -0.15) is 0 Å². The van der Waals surface area contributed by atoms with Gasteiger partial charge in [-0.15, -0.1) is 0 Å². The number of anilines is 1. The van der Waals surface area contributed by atoms with Crippen LogP contribution in [0.15, 0.2) is 65.4 Å². The van der Waals surface area contributed by atoms with Crippen LogP contribution in [0.5, 0.6) is 0 Å². The first-order valence-electron chi connectivity index (χ1n) is 9.73. The quantitative estimate of drug-likeness (QED) is 0.386. The van der Waals surface area contributed by atoms with Crippen LogP contribution in [0.25, 0.3) is 11.0 Å². The van der Waals surface area contributed by atoms with Crippen molar-refractivity contribution in [1.82, 2.24) is 20.3 Å². The van der Waals surface area contributed by atoms with Crippen LogP contribution < -0.4 is 10.6 Å². The Morgan fingerprint density at radius 3 is 2.81 bits per heavy atom. The number of nitrogens with one attached hydrogen (secondary N) is 3. The van der Waals surface area contributed by atoms with Gasteiger partial charge in [-0.05, 0) is 23.8 Å². The molecule has 7 nitrogen and oxygen atoms in total. The lowest BCUT2D eigenvalue weighted by Gasteiger charge is -2.20. The number of H-pyrrole nitrogens is 1. The van der Waals surface area contributed by atoms with E-state index < -0.39 is 12.0 Å². The third-order valence-electron chi connectivity index (χ3n) is 4.81. The zero-order chi connectivity index (χ0) is 21.8. The summed E-state index contributed by atoms with van der Waals surface area (Å²) in [5, 5.41) is 5.90. The van der Waals surface area contributed by atoms with Crippen LogP contribution in [0.1, 0.15) is 36.4 Å². The van der Waals surface area contributed by atoms with Crippen LogP contribution in [0.2, 0.25) is 0 Å². The van der Waals surface area contributed by atoms with E-state index in [2.05, 4.69) is 25.6 Å². The number of carbonyl (C=O) groups is 1. The molecule has 1 unspecified atom stereocenters. The highest BCUT2D eigenvalue weighted by atomic mass is 19.3. The SMILES string of the molecule is CC(F)(F)c1cccc(C(CC(=O)NCc2ncco2)Nc2nc3ccccc3[nH]2)c1. The van der Waals surface area contributed by atoms with E-state index in [4.69, 9.17) is 4.42 Å². The van der Waals surface area contributed by atoms with E-state index >= 15 is 0 Å². The van der Waals surface area contributed by atoms with Crippen molar-refractivity contribution in [1.29, 1.82) is 0 Å². The highest BCUT2D eigenvalue weighted by Gasteiger charge is 2.26. The second-order valence-corrected chi connectivity index (χ2v) is 7.22. The molecule has 4 rings (SSSR count). The first-order valence-corrected chi connectivity index (χ1v) is 9.73. The van der Waals surface area contributed by atoms with Crippen molar-refractivity contribution in [3.63, 3.8) is 0 Å². The van der Waals surface area contributed by atoms with Crippen molar-refractivity contribution >= 4 is 22.9 Å². The maximum Gasteiger partial charge on any atom is 0.270 e. The second-order valence-electron chi connectivity index (χ2n) is 7.22. The third-order valence-corrected chi connectivity index (χ3v) is 4.81. The number of nitrogens with zero attached hydrogens (tertiary/aromatic N) is 2. The van der Waals surface area contributed by atoms with Crippen molar-refractivity contribution in [3.8, 4) is 0 Å². The Kier molecular flexibility index (Phi) is 5.66. The fraction of sp³-hybridized carbons (Fsp3) is 0.227. The maximum atomic E-state index is 13.9. The summed E-state index contributed by atoms with van der Waals surface area (Å²) in [5.74, 6) is -2.46. The minimum absolute atomic E-state index is 0.00348. The van der Waals surface area contributed by atoms with Gasteiger partial charge in [-0.1, -0.05) is 30.3 Å². The highest BCUT2D eigenvalue weighted by Crippen LogP contribution is 2.30. The number of halogens is 2. The summed E-state index contributed by atoms with van der Waals surface area (Å²) in [6.45, 7) is 0.979. The Bertz CT molecular complexity index is 1140. The van der Waals surface area contributed by atoms with E-state index in [1.54, 1.807) is 12.1 Å². The number of amides is 1. The van der Waals surface area contributed by atoms with Gasteiger partial charge in [0.2, 0.25) is 17.7 Å². The van der Waals surface area contributed by atoms with Crippen LogP contribution >= 0.6 is 0 Å². The zero-order valence-corrected chi connectivity index (χ0v) is 16.7. The molecule has 0 bridgehead atoms. The standard InChI is InChI=1S/C22H21F2N5O2/c1-22(23,24)15-6-4-5-14(11-15)18(12-19(30)26-13-20-25-9-10-31-20)29-21-27-16-7-2-3-8-17(16)28-21/h2-11,18H,12-13H2,1H3,(H,26,30)(H2,27,28,29). The number of hydrogen-bond acceptors (Lipinski definition) is 5. The van der Waals surface area contributed by atoms with Crippen molar-refractivity contribution in [3.05, 3.63) is 78.0 Å². The lowest BCUT2D eigenvalue weighted by molar-refractivity contribution is -0.121. The molecule has 31 heavy (non-hydrogen) atoms. The van der Waals surface area contributed by atoms with E-state index in [-0.39, 0.29) is 24.4 Å². The molecule has 0 aliphatic heterocycles. The molecule has 0 saturated heterocycles. The minimum Gasteiger partial charge on any atom is -0.447 e. The number of alkyl halides is 2. The molecule has 1 atom stereocenters. The minimum atomic E-state index is -2.99. The van der Waals surface area contributed by atoms with Gasteiger partial charge >= 0.3 is 0 Å². The molecular weight excluding hydrogens is 404 g/mol. The average Bonchev–Trinajstić information content (AvgIpc) is 3.40. The van der Waals surface area contributed by atoms with Gasteiger partial charge in [-0.3, -0.25) is 4.79 Å². The summed E-state index contributed by atoms with van der Waals surface area (Å²) in [6.07, 6.45) is 2.91. The lowest BCUT2D eigenvalue weighted by atomic mass is 9.99. The van der Waals surface area contributed by atoms with Crippen molar-refractivity contribution in [2.75, 3.05) is 5.32 Å². The number of oxazole rings is 1. The van der Waals surface area contributed by atoms with Gasteiger partial charge in [0.15, 0.2) is 0 Å². The number of hydrogen-bond donors (Lipinski definition) is 3. The summed E-state index contributed by atoms with van der Waals surface area (Å²) in [6, 6.07) is 12.9. The first-order chi connectivity index (χ1) is 14.9. The summed E-state index contributed by atoms with van der Waals surface area (Å²) in [4.78, 5) is 24.1. The lowest BCUT2D eigenvalue weighted by Crippen LogP contribution is -2.27. The Hall–Kier alpha value is -3.75. The monoisotopic (exact) mass is 425 g/mol. The molecule has 0 aliphatic carbocycles.